The SMILES string of the molecule is CC(C)Oc1ccc(OCc2ccc(F)cc2)cc1C(=O)O. The first-order chi connectivity index (χ1) is 10.5. The lowest BCUT2D eigenvalue weighted by atomic mass is 10.2. The predicted molar refractivity (Wildman–Crippen MR) is 79.9 cm³/mol. The van der Waals surface area contributed by atoms with Crippen LogP contribution in [0.2, 0.25) is 0 Å². The number of carboxylic acids is 1. The first kappa shape index (κ1) is 15.8. The van der Waals surface area contributed by atoms with Crippen LogP contribution < -0.4 is 9.47 Å². The molecule has 5 heteroatoms. The fourth-order valence-corrected chi connectivity index (χ4v) is 1.87. The zero-order chi connectivity index (χ0) is 16.1. The molecule has 0 fully saturated rings. The molecule has 0 saturated heterocycles. The number of aromatic carboxylic acids is 1. The highest BCUT2D eigenvalue weighted by Gasteiger charge is 2.14. The summed E-state index contributed by atoms with van der Waals surface area (Å²) in [5, 5.41) is 9.24. The Morgan fingerprint density at radius 1 is 1.18 bits per heavy atom. The van der Waals surface area contributed by atoms with E-state index in [1.54, 1.807) is 24.3 Å². The van der Waals surface area contributed by atoms with Gasteiger partial charge in [-0.05, 0) is 49.7 Å². The van der Waals surface area contributed by atoms with Crippen LogP contribution in [-0.4, -0.2) is 17.2 Å². The Bertz CT molecular complexity index is 650. The molecule has 0 aliphatic heterocycles. The van der Waals surface area contributed by atoms with Crippen molar-refractivity contribution in [1.82, 2.24) is 0 Å². The Morgan fingerprint density at radius 3 is 2.45 bits per heavy atom. The fourth-order valence-electron chi connectivity index (χ4n) is 1.87. The Kier molecular flexibility index (Phi) is 4.99. The number of benzene rings is 2. The van der Waals surface area contributed by atoms with Gasteiger partial charge in [0, 0.05) is 0 Å². The van der Waals surface area contributed by atoms with Crippen LogP contribution in [0, 0.1) is 5.82 Å². The Hall–Kier alpha value is -2.56. The number of hydrogen-bond donors (Lipinski definition) is 1. The van der Waals surface area contributed by atoms with Crippen LogP contribution in [0.5, 0.6) is 11.5 Å². The van der Waals surface area contributed by atoms with Crippen molar-refractivity contribution >= 4 is 5.97 Å². The van der Waals surface area contributed by atoms with Gasteiger partial charge in [-0.25, -0.2) is 9.18 Å². The molecule has 0 spiro atoms. The average molecular weight is 304 g/mol. The highest BCUT2D eigenvalue weighted by Crippen LogP contribution is 2.26. The second-order valence-corrected chi connectivity index (χ2v) is 5.04. The van der Waals surface area contributed by atoms with Crippen molar-refractivity contribution in [2.24, 2.45) is 0 Å². The zero-order valence-electron chi connectivity index (χ0n) is 12.4. The number of halogens is 1. The molecule has 4 nitrogen and oxygen atoms in total. The van der Waals surface area contributed by atoms with Gasteiger partial charge in [-0.3, -0.25) is 0 Å². The molecule has 0 saturated carbocycles. The topological polar surface area (TPSA) is 55.8 Å². The average Bonchev–Trinajstić information content (AvgIpc) is 2.47. The molecule has 1 N–H and O–H groups in total. The fraction of sp³-hybridized carbons (Fsp3) is 0.235. The largest absolute Gasteiger partial charge is 0.490 e. The Morgan fingerprint density at radius 2 is 1.86 bits per heavy atom. The second-order valence-electron chi connectivity index (χ2n) is 5.04. The Balaban J connectivity index is 2.12. The van der Waals surface area contributed by atoms with E-state index in [9.17, 15) is 14.3 Å². The molecule has 0 atom stereocenters. The van der Waals surface area contributed by atoms with Gasteiger partial charge in [-0.15, -0.1) is 0 Å². The van der Waals surface area contributed by atoms with E-state index in [1.165, 1.54) is 18.2 Å². The van der Waals surface area contributed by atoms with Crippen molar-refractivity contribution in [1.29, 1.82) is 0 Å². The molecule has 116 valence electrons. The molecule has 0 radical (unpaired) electrons. The van der Waals surface area contributed by atoms with E-state index in [0.29, 0.717) is 11.5 Å². The van der Waals surface area contributed by atoms with Gasteiger partial charge < -0.3 is 14.6 Å². The molecule has 22 heavy (non-hydrogen) atoms. The van der Waals surface area contributed by atoms with Crippen LogP contribution >= 0.6 is 0 Å². The molecule has 2 aromatic carbocycles. The summed E-state index contributed by atoms with van der Waals surface area (Å²) in [5.74, 6) is -0.676. The second kappa shape index (κ2) is 6.93. The summed E-state index contributed by atoms with van der Waals surface area (Å²) in [6.45, 7) is 3.87. The molecule has 0 aliphatic carbocycles. The first-order valence-corrected chi connectivity index (χ1v) is 6.87. The van der Waals surface area contributed by atoms with Gasteiger partial charge in [0.1, 0.15) is 29.5 Å². The van der Waals surface area contributed by atoms with Gasteiger partial charge >= 0.3 is 5.97 Å². The molecule has 0 bridgehead atoms. The molecule has 0 aliphatic rings. The van der Waals surface area contributed by atoms with Crippen molar-refractivity contribution in [2.45, 2.75) is 26.6 Å². The van der Waals surface area contributed by atoms with Gasteiger partial charge in [-0.1, -0.05) is 12.1 Å². The third-order valence-electron chi connectivity index (χ3n) is 2.86. The van der Waals surface area contributed by atoms with Crippen LogP contribution in [0.1, 0.15) is 29.8 Å². The van der Waals surface area contributed by atoms with E-state index in [1.807, 2.05) is 13.8 Å². The van der Waals surface area contributed by atoms with E-state index < -0.39 is 5.97 Å². The molecule has 0 amide bonds. The van der Waals surface area contributed by atoms with Crippen molar-refractivity contribution in [2.75, 3.05) is 0 Å². The standard InChI is InChI=1S/C17H17FO4/c1-11(2)22-16-8-7-14(9-15(16)17(19)20)21-10-12-3-5-13(18)6-4-12/h3-9,11H,10H2,1-2H3,(H,19,20). The molecule has 0 aromatic heterocycles. The summed E-state index contributed by atoms with van der Waals surface area (Å²) >= 11 is 0. The maximum absolute atomic E-state index is 12.8. The molecule has 2 rings (SSSR count). The molecule has 0 heterocycles. The van der Waals surface area contributed by atoms with Gasteiger partial charge in [-0.2, -0.15) is 0 Å². The highest BCUT2D eigenvalue weighted by atomic mass is 19.1. The zero-order valence-corrected chi connectivity index (χ0v) is 12.4. The van der Waals surface area contributed by atoms with Crippen LogP contribution in [0.25, 0.3) is 0 Å². The minimum absolute atomic E-state index is 0.0466. The number of carbonyl (C=O) groups is 1. The molecular weight excluding hydrogens is 287 g/mol. The summed E-state index contributed by atoms with van der Waals surface area (Å²) in [6.07, 6.45) is -0.121. The smallest absolute Gasteiger partial charge is 0.339 e. The Labute approximate surface area is 128 Å². The van der Waals surface area contributed by atoms with Crippen molar-refractivity contribution in [3.63, 3.8) is 0 Å². The quantitative estimate of drug-likeness (QED) is 0.879. The lowest BCUT2D eigenvalue weighted by Gasteiger charge is -2.14. The van der Waals surface area contributed by atoms with Gasteiger partial charge in [0.25, 0.3) is 0 Å². The van der Waals surface area contributed by atoms with Crippen molar-refractivity contribution < 1.29 is 23.8 Å². The first-order valence-electron chi connectivity index (χ1n) is 6.87. The third kappa shape index (κ3) is 4.22. The summed E-state index contributed by atoms with van der Waals surface area (Å²) in [4.78, 5) is 11.3. The lowest BCUT2D eigenvalue weighted by Crippen LogP contribution is -2.10. The number of hydrogen-bond acceptors (Lipinski definition) is 3. The monoisotopic (exact) mass is 304 g/mol. The van der Waals surface area contributed by atoms with Gasteiger partial charge in [0.2, 0.25) is 0 Å². The molecule has 2 aromatic rings. The normalized spacial score (nSPS) is 10.5. The van der Waals surface area contributed by atoms with Crippen LogP contribution in [0.15, 0.2) is 42.5 Å². The van der Waals surface area contributed by atoms with Crippen molar-refractivity contribution in [3.05, 3.63) is 59.4 Å². The lowest BCUT2D eigenvalue weighted by molar-refractivity contribution is 0.0690. The maximum atomic E-state index is 12.8. The van der Waals surface area contributed by atoms with Gasteiger partial charge in [0.05, 0.1) is 6.10 Å². The molecular formula is C17H17FO4. The van der Waals surface area contributed by atoms with Crippen LogP contribution in [-0.2, 0) is 6.61 Å². The number of ether oxygens (including phenoxy) is 2. The minimum atomic E-state index is -1.08. The summed E-state index contributed by atoms with van der Waals surface area (Å²) in [6, 6.07) is 10.6. The van der Waals surface area contributed by atoms with E-state index in [-0.39, 0.29) is 24.1 Å². The third-order valence-corrected chi connectivity index (χ3v) is 2.86. The summed E-state index contributed by atoms with van der Waals surface area (Å²) < 4.78 is 23.8. The maximum Gasteiger partial charge on any atom is 0.339 e. The summed E-state index contributed by atoms with van der Waals surface area (Å²) in [7, 11) is 0. The minimum Gasteiger partial charge on any atom is -0.490 e. The van der Waals surface area contributed by atoms with E-state index in [2.05, 4.69) is 0 Å². The number of carboxylic acid groups (broad SMARTS) is 1. The number of rotatable bonds is 6. The highest BCUT2D eigenvalue weighted by molar-refractivity contribution is 5.91. The van der Waals surface area contributed by atoms with E-state index in [4.69, 9.17) is 9.47 Å². The van der Waals surface area contributed by atoms with Crippen LogP contribution in [0.3, 0.4) is 0 Å². The van der Waals surface area contributed by atoms with E-state index in [0.717, 1.165) is 5.56 Å². The summed E-state index contributed by atoms with van der Waals surface area (Å²) in [5.41, 5.74) is 0.839. The van der Waals surface area contributed by atoms with Crippen LogP contribution in [0.4, 0.5) is 4.39 Å². The van der Waals surface area contributed by atoms with Crippen molar-refractivity contribution in [3.8, 4) is 11.5 Å². The van der Waals surface area contributed by atoms with Gasteiger partial charge in [0.15, 0.2) is 0 Å². The van der Waals surface area contributed by atoms with E-state index >= 15 is 0 Å². The molecule has 0 unspecified atom stereocenters. The predicted octanol–water partition coefficient (Wildman–Crippen LogP) is 3.89.